The van der Waals surface area contributed by atoms with E-state index >= 15 is 0 Å². The van der Waals surface area contributed by atoms with Crippen LogP contribution in [-0.2, 0) is 6.54 Å². The number of hydrogen-bond acceptors (Lipinski definition) is 2. The Labute approximate surface area is 124 Å². The van der Waals surface area contributed by atoms with E-state index in [1.807, 2.05) is 6.07 Å². The Morgan fingerprint density at radius 1 is 1.00 bits per heavy atom. The highest BCUT2D eigenvalue weighted by atomic mass is 79.9. The van der Waals surface area contributed by atoms with Crippen molar-refractivity contribution in [3.05, 3.63) is 22.2 Å². The van der Waals surface area contributed by atoms with Crippen LogP contribution in [0.2, 0.25) is 0 Å². The lowest BCUT2D eigenvalue weighted by Crippen LogP contribution is -3.15. The third-order valence-electron chi connectivity index (χ3n) is 3.10. The fraction of sp³-hybridized carbons (Fsp3) is 0.571. The van der Waals surface area contributed by atoms with Crippen LogP contribution in [0.3, 0.4) is 0 Å². The van der Waals surface area contributed by atoms with Gasteiger partial charge in [0.2, 0.25) is 0 Å². The highest BCUT2D eigenvalue weighted by Gasteiger charge is 2.13. The lowest BCUT2D eigenvalue weighted by molar-refractivity contribution is -0.937. The minimum absolute atomic E-state index is 0.758. The molecule has 1 unspecified atom stereocenters. The van der Waals surface area contributed by atoms with E-state index < -0.39 is 0 Å². The van der Waals surface area contributed by atoms with Crippen molar-refractivity contribution < 1.29 is 19.3 Å². The van der Waals surface area contributed by atoms with E-state index in [2.05, 4.69) is 43.1 Å². The molecule has 2 N–H and O–H groups in total. The van der Waals surface area contributed by atoms with Crippen LogP contribution >= 0.6 is 15.9 Å². The number of rotatable bonds is 7. The highest BCUT2D eigenvalue weighted by molar-refractivity contribution is 9.10. The number of likely N-dealkylation sites (N-methyl/N-ethyl adjacent to an activating group) is 2. The first kappa shape index (κ1) is 16.3. The minimum atomic E-state index is 0.758. The van der Waals surface area contributed by atoms with Gasteiger partial charge in [0.1, 0.15) is 19.6 Å². The van der Waals surface area contributed by atoms with Gasteiger partial charge in [0.05, 0.1) is 35.4 Å². The van der Waals surface area contributed by atoms with E-state index in [9.17, 15) is 0 Å². The minimum Gasteiger partial charge on any atom is -0.493 e. The van der Waals surface area contributed by atoms with Gasteiger partial charge >= 0.3 is 0 Å². The van der Waals surface area contributed by atoms with Crippen molar-refractivity contribution in [2.24, 2.45) is 0 Å². The van der Waals surface area contributed by atoms with E-state index in [0.29, 0.717) is 0 Å². The topological polar surface area (TPSA) is 27.3 Å². The lowest BCUT2D eigenvalue weighted by Gasteiger charge is -2.17. The number of nitrogens with one attached hydrogen (secondary N) is 2. The second-order valence-electron chi connectivity index (χ2n) is 5.14. The summed E-state index contributed by atoms with van der Waals surface area (Å²) < 4.78 is 11.7. The van der Waals surface area contributed by atoms with Gasteiger partial charge in [-0.3, -0.25) is 0 Å². The number of hydrogen-bond donors (Lipinski definition) is 2. The quantitative estimate of drug-likeness (QED) is 0.712. The van der Waals surface area contributed by atoms with Crippen molar-refractivity contribution in [2.45, 2.75) is 6.54 Å². The van der Waals surface area contributed by atoms with Crippen LogP contribution in [0, 0.1) is 0 Å². The molecule has 1 rings (SSSR count). The summed E-state index contributed by atoms with van der Waals surface area (Å²) in [6.45, 7) is 3.27. The summed E-state index contributed by atoms with van der Waals surface area (Å²) >= 11 is 3.61. The fourth-order valence-electron chi connectivity index (χ4n) is 1.91. The molecule has 0 amide bonds. The molecule has 0 aliphatic heterocycles. The van der Waals surface area contributed by atoms with Crippen LogP contribution in [0.4, 0.5) is 0 Å². The molecule has 5 heteroatoms. The monoisotopic (exact) mass is 332 g/mol. The van der Waals surface area contributed by atoms with Crippen LogP contribution in [0.25, 0.3) is 0 Å². The number of benzene rings is 1. The molecular weight excluding hydrogens is 308 g/mol. The van der Waals surface area contributed by atoms with Gasteiger partial charge in [0, 0.05) is 10.0 Å². The Kier molecular flexibility index (Phi) is 6.62. The van der Waals surface area contributed by atoms with Gasteiger partial charge < -0.3 is 19.3 Å². The van der Waals surface area contributed by atoms with Crippen LogP contribution < -0.4 is 19.3 Å². The molecular formula is C14H25BrN2O2+2. The second kappa shape index (κ2) is 7.72. The molecule has 0 aliphatic rings. The summed E-state index contributed by atoms with van der Waals surface area (Å²) in [6, 6.07) is 4.02. The van der Waals surface area contributed by atoms with Gasteiger partial charge in [0.25, 0.3) is 0 Å². The summed E-state index contributed by atoms with van der Waals surface area (Å²) in [4.78, 5) is 2.96. The van der Waals surface area contributed by atoms with Crippen molar-refractivity contribution in [3.63, 3.8) is 0 Å². The molecule has 0 spiro atoms. The number of quaternary nitrogens is 2. The standard InChI is InChI=1S/C14H23BrN2O2/c1-16(2)6-7-17(3)10-11-8-13(18-4)14(19-5)9-12(11)15/h8-9H,6-7,10H2,1-5H3/p+2. The molecule has 108 valence electrons. The predicted molar refractivity (Wildman–Crippen MR) is 80.4 cm³/mol. The Balaban J connectivity index is 2.77. The maximum absolute atomic E-state index is 5.35. The summed E-state index contributed by atoms with van der Waals surface area (Å²) in [5, 5.41) is 0. The molecule has 1 aromatic rings. The van der Waals surface area contributed by atoms with Crippen molar-refractivity contribution in [1.82, 2.24) is 0 Å². The average Bonchev–Trinajstić information content (AvgIpc) is 2.38. The van der Waals surface area contributed by atoms with E-state index in [1.165, 1.54) is 15.4 Å². The number of ether oxygens (including phenoxy) is 2. The summed E-state index contributed by atoms with van der Waals surface area (Å²) in [5.41, 5.74) is 1.24. The van der Waals surface area contributed by atoms with E-state index in [0.717, 1.165) is 35.6 Å². The van der Waals surface area contributed by atoms with E-state index in [4.69, 9.17) is 9.47 Å². The van der Waals surface area contributed by atoms with Gasteiger partial charge in [-0.2, -0.15) is 0 Å². The van der Waals surface area contributed by atoms with Crippen molar-refractivity contribution >= 4 is 15.9 Å². The summed E-state index contributed by atoms with van der Waals surface area (Å²) in [5.74, 6) is 1.54. The van der Waals surface area contributed by atoms with Crippen molar-refractivity contribution in [2.75, 3.05) is 48.5 Å². The van der Waals surface area contributed by atoms with Crippen LogP contribution in [0.5, 0.6) is 11.5 Å². The molecule has 4 nitrogen and oxygen atoms in total. The molecule has 0 aromatic heterocycles. The zero-order valence-corrected chi connectivity index (χ0v) is 14.1. The molecule has 0 saturated heterocycles. The first-order valence-electron chi connectivity index (χ1n) is 6.48. The largest absolute Gasteiger partial charge is 0.493 e. The lowest BCUT2D eigenvalue weighted by atomic mass is 10.2. The van der Waals surface area contributed by atoms with Crippen LogP contribution in [-0.4, -0.2) is 48.5 Å². The Morgan fingerprint density at radius 3 is 2.11 bits per heavy atom. The molecule has 0 fully saturated rings. The molecule has 0 radical (unpaired) electrons. The Bertz CT molecular complexity index is 411. The third-order valence-corrected chi connectivity index (χ3v) is 3.83. The first-order valence-corrected chi connectivity index (χ1v) is 7.28. The second-order valence-corrected chi connectivity index (χ2v) is 5.99. The van der Waals surface area contributed by atoms with Crippen molar-refractivity contribution in [3.8, 4) is 11.5 Å². The molecule has 0 aliphatic carbocycles. The highest BCUT2D eigenvalue weighted by Crippen LogP contribution is 2.32. The van der Waals surface area contributed by atoms with Gasteiger partial charge in [0.15, 0.2) is 11.5 Å². The maximum Gasteiger partial charge on any atom is 0.161 e. The number of halogens is 1. The third kappa shape index (κ3) is 5.01. The van der Waals surface area contributed by atoms with E-state index in [-0.39, 0.29) is 0 Å². The normalized spacial score (nSPS) is 12.6. The zero-order valence-electron chi connectivity index (χ0n) is 12.5. The van der Waals surface area contributed by atoms with Gasteiger partial charge in [-0.05, 0) is 12.1 Å². The SMILES string of the molecule is COc1cc(Br)c(C[NH+](C)CC[NH+](C)C)cc1OC. The Morgan fingerprint density at radius 2 is 1.58 bits per heavy atom. The van der Waals surface area contributed by atoms with Gasteiger partial charge in [-0.15, -0.1) is 0 Å². The first-order chi connectivity index (χ1) is 8.97. The Hall–Kier alpha value is -0.780. The molecule has 1 atom stereocenters. The van der Waals surface area contributed by atoms with Crippen LogP contribution in [0.1, 0.15) is 5.56 Å². The molecule has 0 bridgehead atoms. The summed E-state index contributed by atoms with van der Waals surface area (Å²) in [6.07, 6.45) is 0. The maximum atomic E-state index is 5.35. The van der Waals surface area contributed by atoms with Gasteiger partial charge in [-0.25, -0.2) is 0 Å². The molecule has 1 aromatic carbocycles. The molecule has 19 heavy (non-hydrogen) atoms. The molecule has 0 saturated carbocycles. The zero-order chi connectivity index (χ0) is 14.4. The molecule has 0 heterocycles. The fourth-order valence-corrected chi connectivity index (χ4v) is 2.37. The average molecular weight is 333 g/mol. The smallest absolute Gasteiger partial charge is 0.161 e. The number of methoxy groups -OCH3 is 2. The summed E-state index contributed by atoms with van der Waals surface area (Å²) in [7, 11) is 9.90. The van der Waals surface area contributed by atoms with Crippen LogP contribution in [0.15, 0.2) is 16.6 Å². The predicted octanol–water partition coefficient (Wildman–Crippen LogP) is -0.374. The van der Waals surface area contributed by atoms with Gasteiger partial charge in [-0.1, -0.05) is 15.9 Å². The van der Waals surface area contributed by atoms with Crippen molar-refractivity contribution in [1.29, 1.82) is 0 Å². The van der Waals surface area contributed by atoms with E-state index in [1.54, 1.807) is 14.2 Å².